The number of sulfonamides is 1. The minimum Gasteiger partial charge on any atom is -0.336 e. The largest absolute Gasteiger partial charge is 0.336 e. The van der Waals surface area contributed by atoms with E-state index in [0.717, 1.165) is 22.2 Å². The van der Waals surface area contributed by atoms with E-state index in [1.165, 1.54) is 4.31 Å². The van der Waals surface area contributed by atoms with Crippen molar-refractivity contribution in [1.29, 1.82) is 10.5 Å². The zero-order valence-corrected chi connectivity index (χ0v) is 17.0. The molecule has 0 radical (unpaired) electrons. The van der Waals surface area contributed by atoms with Gasteiger partial charge in [0.1, 0.15) is 17.4 Å². The van der Waals surface area contributed by atoms with Crippen LogP contribution in [0, 0.1) is 22.7 Å². The molecule has 0 saturated carbocycles. The van der Waals surface area contributed by atoms with Crippen molar-refractivity contribution in [3.05, 3.63) is 42.5 Å². The summed E-state index contributed by atoms with van der Waals surface area (Å²) in [7, 11) is -1.41. The lowest BCUT2D eigenvalue weighted by Gasteiger charge is -2.49. The minimum absolute atomic E-state index is 0.0146. The zero-order chi connectivity index (χ0) is 20.8. The van der Waals surface area contributed by atoms with Gasteiger partial charge in [-0.15, -0.1) is 0 Å². The topological polar surface area (TPSA) is 108 Å². The van der Waals surface area contributed by atoms with Gasteiger partial charge >= 0.3 is 0 Å². The van der Waals surface area contributed by atoms with Crippen molar-refractivity contribution in [2.24, 2.45) is 7.05 Å². The Kier molecular flexibility index (Phi) is 4.45. The molecule has 3 aromatic heterocycles. The van der Waals surface area contributed by atoms with E-state index in [4.69, 9.17) is 0 Å². The zero-order valence-electron chi connectivity index (χ0n) is 16.2. The molecule has 3 aromatic rings. The highest BCUT2D eigenvalue weighted by atomic mass is 32.2. The third-order valence-corrected chi connectivity index (χ3v) is 7.41. The number of hydrogen-bond acceptors (Lipinski definition) is 5. The fourth-order valence-electron chi connectivity index (χ4n) is 3.99. The standard InChI is InChI=1S/C20H20N6O2S/c1-3-29(27,28)25-13-20(14-25,6-7-21)26-12-15(10-16(26)11-22)17-4-8-23-19-18(17)5-9-24(19)2/h4-5,8-10,12H,3,6,13-14H2,1-2H3. The number of aryl methyl sites for hydroxylation is 1. The van der Waals surface area contributed by atoms with E-state index < -0.39 is 15.6 Å². The summed E-state index contributed by atoms with van der Waals surface area (Å²) in [6, 6.07) is 10.0. The number of pyridine rings is 1. The van der Waals surface area contributed by atoms with E-state index >= 15 is 0 Å². The molecule has 0 atom stereocenters. The lowest BCUT2D eigenvalue weighted by molar-refractivity contribution is 0.0843. The van der Waals surface area contributed by atoms with E-state index in [-0.39, 0.29) is 25.3 Å². The molecule has 29 heavy (non-hydrogen) atoms. The SMILES string of the molecule is CCS(=O)(=O)N1CC(CC#N)(n2cc(-c3ccnc4c3ccn4C)cc2C#N)C1. The smallest absolute Gasteiger partial charge is 0.213 e. The molecule has 1 aliphatic rings. The molecular formula is C20H20N6O2S. The van der Waals surface area contributed by atoms with E-state index in [1.807, 2.05) is 36.1 Å². The van der Waals surface area contributed by atoms with Gasteiger partial charge in [0.15, 0.2) is 0 Å². The molecule has 148 valence electrons. The molecule has 1 aliphatic heterocycles. The molecule has 0 N–H and O–H groups in total. The second-order valence-electron chi connectivity index (χ2n) is 7.35. The van der Waals surface area contributed by atoms with Gasteiger partial charge in [-0.05, 0) is 30.7 Å². The first-order valence-electron chi connectivity index (χ1n) is 9.23. The summed E-state index contributed by atoms with van der Waals surface area (Å²) in [5, 5.41) is 20.1. The summed E-state index contributed by atoms with van der Waals surface area (Å²) < 4.78 is 29.5. The maximum atomic E-state index is 12.2. The van der Waals surface area contributed by atoms with Gasteiger partial charge in [0.25, 0.3) is 0 Å². The first-order valence-corrected chi connectivity index (χ1v) is 10.8. The van der Waals surface area contributed by atoms with Crippen molar-refractivity contribution in [2.75, 3.05) is 18.8 Å². The quantitative estimate of drug-likeness (QED) is 0.643. The molecule has 1 fully saturated rings. The van der Waals surface area contributed by atoms with Crippen LogP contribution < -0.4 is 0 Å². The molecule has 9 heteroatoms. The third-order valence-electron chi connectivity index (χ3n) is 5.63. The van der Waals surface area contributed by atoms with Gasteiger partial charge in [0, 0.05) is 49.7 Å². The Morgan fingerprint density at radius 1 is 1.28 bits per heavy atom. The Hall–Kier alpha value is -3.14. The van der Waals surface area contributed by atoms with E-state index in [9.17, 15) is 18.9 Å². The van der Waals surface area contributed by atoms with Crippen molar-refractivity contribution in [2.45, 2.75) is 18.9 Å². The predicted octanol–water partition coefficient (Wildman–Crippen LogP) is 2.19. The van der Waals surface area contributed by atoms with Crippen LogP contribution >= 0.6 is 0 Å². The number of nitrogens with zero attached hydrogens (tertiary/aromatic N) is 6. The number of hydrogen-bond donors (Lipinski definition) is 0. The highest BCUT2D eigenvalue weighted by Crippen LogP contribution is 2.38. The molecular weight excluding hydrogens is 388 g/mol. The molecule has 4 heterocycles. The van der Waals surface area contributed by atoms with Gasteiger partial charge < -0.3 is 9.13 Å². The van der Waals surface area contributed by atoms with Crippen LogP contribution in [-0.4, -0.2) is 45.7 Å². The second-order valence-corrected chi connectivity index (χ2v) is 9.60. The Bertz CT molecular complexity index is 1280. The maximum absolute atomic E-state index is 12.2. The molecule has 0 bridgehead atoms. The highest BCUT2D eigenvalue weighted by molar-refractivity contribution is 7.89. The van der Waals surface area contributed by atoms with E-state index in [2.05, 4.69) is 17.1 Å². The first kappa shape index (κ1) is 19.2. The van der Waals surface area contributed by atoms with E-state index in [0.29, 0.717) is 5.69 Å². The summed E-state index contributed by atoms with van der Waals surface area (Å²) in [5.41, 5.74) is 2.29. The summed E-state index contributed by atoms with van der Waals surface area (Å²) in [6.45, 7) is 1.98. The number of rotatable bonds is 5. The van der Waals surface area contributed by atoms with Crippen LogP contribution in [0.2, 0.25) is 0 Å². The lowest BCUT2D eigenvalue weighted by Crippen LogP contribution is -2.64. The molecule has 1 saturated heterocycles. The molecule has 8 nitrogen and oxygen atoms in total. The predicted molar refractivity (Wildman–Crippen MR) is 108 cm³/mol. The molecule has 0 amide bonds. The molecule has 0 unspecified atom stereocenters. The van der Waals surface area contributed by atoms with Gasteiger partial charge in [-0.3, -0.25) is 0 Å². The van der Waals surface area contributed by atoms with Crippen molar-refractivity contribution in [3.63, 3.8) is 0 Å². The van der Waals surface area contributed by atoms with Crippen molar-refractivity contribution < 1.29 is 8.42 Å². The van der Waals surface area contributed by atoms with Crippen molar-refractivity contribution >= 4 is 21.1 Å². The summed E-state index contributed by atoms with van der Waals surface area (Å²) in [5.74, 6) is 0.0146. The molecule has 0 spiro atoms. The number of fused-ring (bicyclic) bond motifs is 1. The fraction of sp³-hybridized carbons (Fsp3) is 0.350. The number of nitriles is 2. The highest BCUT2D eigenvalue weighted by Gasteiger charge is 2.49. The van der Waals surface area contributed by atoms with Crippen LogP contribution in [-0.2, 0) is 22.6 Å². The molecule has 0 aromatic carbocycles. The lowest BCUT2D eigenvalue weighted by atomic mass is 9.88. The summed E-state index contributed by atoms with van der Waals surface area (Å²) in [6.07, 6.45) is 5.64. The van der Waals surface area contributed by atoms with Crippen LogP contribution in [0.1, 0.15) is 19.0 Å². The molecule has 0 aliphatic carbocycles. The van der Waals surface area contributed by atoms with Crippen LogP contribution in [0.15, 0.2) is 36.8 Å². The van der Waals surface area contributed by atoms with Crippen LogP contribution in [0.5, 0.6) is 0 Å². The van der Waals surface area contributed by atoms with Crippen molar-refractivity contribution in [3.8, 4) is 23.3 Å². The maximum Gasteiger partial charge on any atom is 0.213 e. The second kappa shape index (κ2) is 6.73. The minimum atomic E-state index is -3.33. The van der Waals surface area contributed by atoms with Crippen molar-refractivity contribution in [1.82, 2.24) is 18.4 Å². The average molecular weight is 408 g/mol. The van der Waals surface area contributed by atoms with E-state index in [1.54, 1.807) is 23.8 Å². The van der Waals surface area contributed by atoms with Gasteiger partial charge in [-0.2, -0.15) is 14.8 Å². The van der Waals surface area contributed by atoms with Gasteiger partial charge in [0.05, 0.1) is 23.8 Å². The number of aromatic nitrogens is 3. The fourth-order valence-corrected chi connectivity index (χ4v) is 5.23. The monoisotopic (exact) mass is 408 g/mol. The Labute approximate surface area is 169 Å². The van der Waals surface area contributed by atoms with Gasteiger partial charge in [-0.1, -0.05) is 0 Å². The first-order chi connectivity index (χ1) is 13.8. The molecule has 4 rings (SSSR count). The Morgan fingerprint density at radius 3 is 2.69 bits per heavy atom. The average Bonchev–Trinajstić information content (AvgIpc) is 3.28. The van der Waals surface area contributed by atoms with Gasteiger partial charge in [0.2, 0.25) is 10.0 Å². The van der Waals surface area contributed by atoms with Gasteiger partial charge in [-0.25, -0.2) is 13.4 Å². The third kappa shape index (κ3) is 2.91. The van der Waals surface area contributed by atoms with Crippen LogP contribution in [0.3, 0.4) is 0 Å². The van der Waals surface area contributed by atoms with Crippen LogP contribution in [0.4, 0.5) is 0 Å². The normalized spacial score (nSPS) is 16.3. The van der Waals surface area contributed by atoms with Crippen LogP contribution in [0.25, 0.3) is 22.2 Å². The Balaban J connectivity index is 1.80. The summed E-state index contributed by atoms with van der Waals surface area (Å²) >= 11 is 0. The summed E-state index contributed by atoms with van der Waals surface area (Å²) in [4.78, 5) is 4.40. The Morgan fingerprint density at radius 2 is 2.03 bits per heavy atom.